The van der Waals surface area contributed by atoms with Gasteiger partial charge in [0.2, 0.25) is 0 Å². The molecule has 0 spiro atoms. The second-order valence-electron chi connectivity index (χ2n) is 3.99. The molecular weight excluding hydrogens is 210 g/mol. The minimum atomic E-state index is 0.565. The lowest BCUT2D eigenvalue weighted by Gasteiger charge is -2.33. The predicted molar refractivity (Wildman–Crippen MR) is 62.0 cm³/mol. The smallest absolute Gasteiger partial charge is 0.0481 e. The summed E-state index contributed by atoms with van der Waals surface area (Å²) in [4.78, 5) is 6.54. The van der Waals surface area contributed by atoms with Crippen LogP contribution >= 0.6 is 11.6 Å². The van der Waals surface area contributed by atoms with Crippen molar-refractivity contribution in [1.29, 1.82) is 0 Å². The zero-order valence-corrected chi connectivity index (χ0v) is 9.67. The van der Waals surface area contributed by atoms with Crippen molar-refractivity contribution in [2.75, 3.05) is 19.6 Å². The van der Waals surface area contributed by atoms with E-state index in [9.17, 15) is 0 Å². The summed E-state index contributed by atoms with van der Waals surface area (Å²) in [6.07, 6.45) is 3.59. The van der Waals surface area contributed by atoms with Gasteiger partial charge in [0.1, 0.15) is 0 Å². The fraction of sp³-hybridized carbons (Fsp3) is 0.545. The van der Waals surface area contributed by atoms with Gasteiger partial charge in [-0.1, -0.05) is 11.6 Å². The summed E-state index contributed by atoms with van der Waals surface area (Å²) in [5.74, 6) is 0. The second kappa shape index (κ2) is 4.92. The van der Waals surface area contributed by atoms with E-state index in [2.05, 4.69) is 22.1 Å². The molecule has 82 valence electrons. The average Bonchev–Trinajstić information content (AvgIpc) is 2.24. The maximum absolute atomic E-state index is 6.11. The minimum Gasteiger partial charge on any atom is -0.314 e. The first-order chi connectivity index (χ1) is 7.27. The molecule has 1 N–H and O–H groups in total. The molecular formula is C11H16ClN3. The minimum absolute atomic E-state index is 0.565. The van der Waals surface area contributed by atoms with Crippen LogP contribution < -0.4 is 5.32 Å². The van der Waals surface area contributed by atoms with Crippen LogP contribution in [0.3, 0.4) is 0 Å². The molecule has 1 fully saturated rings. The quantitative estimate of drug-likeness (QED) is 0.828. The van der Waals surface area contributed by atoms with Gasteiger partial charge < -0.3 is 5.32 Å². The predicted octanol–water partition coefficient (Wildman–Crippen LogP) is 1.53. The van der Waals surface area contributed by atoms with Gasteiger partial charge in [0.25, 0.3) is 0 Å². The number of hydrogen-bond acceptors (Lipinski definition) is 3. The summed E-state index contributed by atoms with van der Waals surface area (Å²) in [5, 5.41) is 4.19. The van der Waals surface area contributed by atoms with Crippen LogP contribution in [0.15, 0.2) is 18.5 Å². The van der Waals surface area contributed by atoms with E-state index >= 15 is 0 Å². The number of hydrogen-bond donors (Lipinski definition) is 1. The van der Waals surface area contributed by atoms with Crippen LogP contribution in [0.25, 0.3) is 0 Å². The van der Waals surface area contributed by atoms with Crippen molar-refractivity contribution < 1.29 is 0 Å². The maximum atomic E-state index is 6.11. The molecule has 1 atom stereocenters. The van der Waals surface area contributed by atoms with Gasteiger partial charge in [-0.2, -0.15) is 0 Å². The normalized spacial score (nSPS) is 22.9. The molecule has 0 bridgehead atoms. The Bertz CT molecular complexity index is 329. The molecule has 15 heavy (non-hydrogen) atoms. The molecule has 1 aromatic rings. The summed E-state index contributed by atoms with van der Waals surface area (Å²) >= 11 is 6.11. The molecule has 4 heteroatoms. The van der Waals surface area contributed by atoms with Crippen LogP contribution in [-0.4, -0.2) is 35.6 Å². The van der Waals surface area contributed by atoms with E-state index in [1.165, 1.54) is 0 Å². The van der Waals surface area contributed by atoms with Crippen LogP contribution in [0.2, 0.25) is 5.02 Å². The Hall–Kier alpha value is -0.640. The van der Waals surface area contributed by atoms with Gasteiger partial charge in [-0.25, -0.2) is 0 Å². The highest BCUT2D eigenvalue weighted by molar-refractivity contribution is 6.31. The summed E-state index contributed by atoms with van der Waals surface area (Å²) in [7, 11) is 0. The van der Waals surface area contributed by atoms with Gasteiger partial charge in [0, 0.05) is 55.2 Å². The standard InChI is InChI=1S/C11H16ClN3/c1-9-6-14-4-5-15(9)8-10-7-13-3-2-11(10)12/h2-3,7,9,14H,4-6,8H2,1H3. The SMILES string of the molecule is CC1CNCCN1Cc1cnccc1Cl. The van der Waals surface area contributed by atoms with Crippen LogP contribution in [-0.2, 0) is 6.54 Å². The van der Waals surface area contributed by atoms with Crippen LogP contribution in [0.1, 0.15) is 12.5 Å². The molecule has 1 saturated heterocycles. The number of nitrogens with one attached hydrogen (secondary N) is 1. The number of aromatic nitrogens is 1. The van der Waals surface area contributed by atoms with Gasteiger partial charge in [-0.15, -0.1) is 0 Å². The van der Waals surface area contributed by atoms with Crippen molar-refractivity contribution >= 4 is 11.6 Å². The Kier molecular flexibility index (Phi) is 3.57. The topological polar surface area (TPSA) is 28.2 Å². The average molecular weight is 226 g/mol. The van der Waals surface area contributed by atoms with Gasteiger partial charge in [-0.05, 0) is 13.0 Å². The van der Waals surface area contributed by atoms with Crippen LogP contribution in [0.5, 0.6) is 0 Å². The Morgan fingerprint density at radius 1 is 1.67 bits per heavy atom. The molecule has 2 heterocycles. The number of rotatable bonds is 2. The third-order valence-electron chi connectivity index (χ3n) is 2.86. The Morgan fingerprint density at radius 3 is 3.27 bits per heavy atom. The third-order valence-corrected chi connectivity index (χ3v) is 3.23. The number of nitrogens with zero attached hydrogens (tertiary/aromatic N) is 2. The lowest BCUT2D eigenvalue weighted by atomic mass is 10.2. The molecule has 2 rings (SSSR count). The fourth-order valence-electron chi connectivity index (χ4n) is 1.86. The molecule has 0 radical (unpaired) electrons. The summed E-state index contributed by atoms with van der Waals surface area (Å²) < 4.78 is 0. The van der Waals surface area contributed by atoms with Crippen LogP contribution in [0, 0.1) is 0 Å². The molecule has 0 aliphatic carbocycles. The lowest BCUT2D eigenvalue weighted by molar-refractivity contribution is 0.165. The number of halogens is 1. The zero-order chi connectivity index (χ0) is 10.7. The van der Waals surface area contributed by atoms with E-state index in [0.717, 1.165) is 36.8 Å². The van der Waals surface area contributed by atoms with E-state index in [0.29, 0.717) is 6.04 Å². The van der Waals surface area contributed by atoms with E-state index in [1.54, 1.807) is 6.20 Å². The largest absolute Gasteiger partial charge is 0.314 e. The molecule has 0 saturated carbocycles. The molecule has 3 nitrogen and oxygen atoms in total. The van der Waals surface area contributed by atoms with Crippen molar-refractivity contribution in [2.24, 2.45) is 0 Å². The van der Waals surface area contributed by atoms with Crippen molar-refractivity contribution in [3.8, 4) is 0 Å². The van der Waals surface area contributed by atoms with Crippen molar-refractivity contribution in [3.05, 3.63) is 29.0 Å². The molecule has 1 aliphatic rings. The summed E-state index contributed by atoms with van der Waals surface area (Å²) in [5.41, 5.74) is 1.12. The van der Waals surface area contributed by atoms with Gasteiger partial charge in [0.15, 0.2) is 0 Å². The van der Waals surface area contributed by atoms with Crippen molar-refractivity contribution in [1.82, 2.24) is 15.2 Å². The number of piperazine rings is 1. The van der Waals surface area contributed by atoms with Crippen LogP contribution in [0.4, 0.5) is 0 Å². The zero-order valence-electron chi connectivity index (χ0n) is 8.91. The highest BCUT2D eigenvalue weighted by Gasteiger charge is 2.18. The highest BCUT2D eigenvalue weighted by atomic mass is 35.5. The Balaban J connectivity index is 2.04. The molecule has 0 aromatic carbocycles. The first kappa shape index (κ1) is 10.9. The van der Waals surface area contributed by atoms with Crippen molar-refractivity contribution in [3.63, 3.8) is 0 Å². The van der Waals surface area contributed by atoms with E-state index < -0.39 is 0 Å². The molecule has 1 aliphatic heterocycles. The Morgan fingerprint density at radius 2 is 2.53 bits per heavy atom. The first-order valence-corrected chi connectivity index (χ1v) is 5.68. The fourth-order valence-corrected chi connectivity index (χ4v) is 2.03. The number of pyridine rings is 1. The Labute approximate surface area is 95.4 Å². The maximum Gasteiger partial charge on any atom is 0.0481 e. The molecule has 1 unspecified atom stereocenters. The van der Waals surface area contributed by atoms with Gasteiger partial charge in [-0.3, -0.25) is 9.88 Å². The van der Waals surface area contributed by atoms with Crippen molar-refractivity contribution in [2.45, 2.75) is 19.5 Å². The summed E-state index contributed by atoms with van der Waals surface area (Å²) in [6, 6.07) is 2.42. The second-order valence-corrected chi connectivity index (χ2v) is 4.40. The van der Waals surface area contributed by atoms with Gasteiger partial charge in [0.05, 0.1) is 0 Å². The van der Waals surface area contributed by atoms with Gasteiger partial charge >= 0.3 is 0 Å². The third kappa shape index (κ3) is 2.68. The first-order valence-electron chi connectivity index (χ1n) is 5.30. The monoisotopic (exact) mass is 225 g/mol. The van der Waals surface area contributed by atoms with E-state index in [1.807, 2.05) is 12.3 Å². The van der Waals surface area contributed by atoms with E-state index in [-0.39, 0.29) is 0 Å². The molecule has 1 aromatic heterocycles. The van der Waals surface area contributed by atoms with E-state index in [4.69, 9.17) is 11.6 Å². The molecule has 0 amide bonds. The lowest BCUT2D eigenvalue weighted by Crippen LogP contribution is -2.49. The summed E-state index contributed by atoms with van der Waals surface area (Å²) in [6.45, 7) is 6.32. The highest BCUT2D eigenvalue weighted by Crippen LogP contribution is 2.17.